The Bertz CT molecular complexity index is 454. The van der Waals surface area contributed by atoms with Crippen LogP contribution in [0.4, 0.5) is 0 Å². The summed E-state index contributed by atoms with van der Waals surface area (Å²) in [4.78, 5) is 4.26. The maximum absolute atomic E-state index is 5.63. The number of nitrogens with zero attached hydrogens (tertiary/aromatic N) is 1. The molecule has 0 aliphatic rings. The van der Waals surface area contributed by atoms with Gasteiger partial charge in [0.1, 0.15) is 5.75 Å². The zero-order valence-corrected chi connectivity index (χ0v) is 8.03. The van der Waals surface area contributed by atoms with Crippen LogP contribution in [0.15, 0.2) is 30.5 Å². The molecule has 0 saturated carbocycles. The van der Waals surface area contributed by atoms with Gasteiger partial charge in [-0.05, 0) is 23.8 Å². The molecule has 3 nitrogen and oxygen atoms in total. The Morgan fingerprint density at radius 1 is 1.36 bits per heavy atom. The number of hydrogen-bond acceptors (Lipinski definition) is 3. The van der Waals surface area contributed by atoms with E-state index >= 15 is 0 Å². The highest BCUT2D eigenvalue weighted by Gasteiger charge is 2.01. The predicted molar refractivity (Wildman–Crippen MR) is 56.2 cm³/mol. The van der Waals surface area contributed by atoms with Gasteiger partial charge in [0.2, 0.25) is 0 Å². The second kappa shape index (κ2) is 3.64. The van der Waals surface area contributed by atoms with E-state index in [2.05, 4.69) is 4.98 Å². The van der Waals surface area contributed by atoms with E-state index < -0.39 is 0 Å². The van der Waals surface area contributed by atoms with Crippen molar-refractivity contribution in [2.24, 2.45) is 5.73 Å². The van der Waals surface area contributed by atoms with Gasteiger partial charge in [-0.15, -0.1) is 0 Å². The first kappa shape index (κ1) is 8.97. The van der Waals surface area contributed by atoms with Crippen LogP contribution in [-0.2, 0) is 6.54 Å². The molecule has 72 valence electrons. The van der Waals surface area contributed by atoms with Crippen molar-refractivity contribution in [2.75, 3.05) is 7.11 Å². The molecule has 0 aliphatic heterocycles. The molecular formula is C11H12N2O. The van der Waals surface area contributed by atoms with E-state index in [4.69, 9.17) is 10.5 Å². The van der Waals surface area contributed by atoms with Crippen molar-refractivity contribution in [3.8, 4) is 5.75 Å². The first-order chi connectivity index (χ1) is 6.85. The maximum Gasteiger partial charge on any atom is 0.121 e. The molecule has 0 spiro atoms. The number of ether oxygens (including phenoxy) is 1. The quantitative estimate of drug-likeness (QED) is 0.780. The summed E-state index contributed by atoms with van der Waals surface area (Å²) in [7, 11) is 1.65. The number of fused-ring (bicyclic) bond motifs is 1. The molecule has 2 rings (SSSR count). The summed E-state index contributed by atoms with van der Waals surface area (Å²) >= 11 is 0. The number of hydrogen-bond donors (Lipinski definition) is 1. The summed E-state index contributed by atoms with van der Waals surface area (Å²) < 4.78 is 5.12. The molecule has 1 aromatic carbocycles. The molecule has 0 aliphatic carbocycles. The lowest BCUT2D eigenvalue weighted by Crippen LogP contribution is -1.97. The van der Waals surface area contributed by atoms with Crippen molar-refractivity contribution in [1.82, 2.24) is 4.98 Å². The molecule has 0 saturated heterocycles. The monoisotopic (exact) mass is 188 g/mol. The minimum Gasteiger partial charge on any atom is -0.497 e. The highest BCUT2D eigenvalue weighted by atomic mass is 16.5. The molecule has 0 fully saturated rings. The van der Waals surface area contributed by atoms with Crippen LogP contribution in [0.3, 0.4) is 0 Å². The van der Waals surface area contributed by atoms with Gasteiger partial charge in [-0.3, -0.25) is 4.98 Å². The number of aromatic nitrogens is 1. The normalized spacial score (nSPS) is 10.4. The fourth-order valence-electron chi connectivity index (χ4n) is 1.49. The number of rotatable bonds is 2. The third-order valence-corrected chi connectivity index (χ3v) is 2.26. The molecular weight excluding hydrogens is 176 g/mol. The van der Waals surface area contributed by atoms with Crippen molar-refractivity contribution in [1.29, 1.82) is 0 Å². The largest absolute Gasteiger partial charge is 0.497 e. The SMILES string of the molecule is COc1ccc2c(CN)ccnc2c1. The lowest BCUT2D eigenvalue weighted by molar-refractivity contribution is 0.415. The van der Waals surface area contributed by atoms with E-state index in [1.807, 2.05) is 24.3 Å². The summed E-state index contributed by atoms with van der Waals surface area (Å²) in [6.45, 7) is 0.533. The number of pyridine rings is 1. The molecule has 2 aromatic rings. The number of benzene rings is 1. The highest BCUT2D eigenvalue weighted by molar-refractivity contribution is 5.83. The van der Waals surface area contributed by atoms with Crippen molar-refractivity contribution in [2.45, 2.75) is 6.54 Å². The minimum atomic E-state index is 0.533. The lowest BCUT2D eigenvalue weighted by atomic mass is 10.1. The van der Waals surface area contributed by atoms with Gasteiger partial charge in [0.05, 0.1) is 12.6 Å². The van der Waals surface area contributed by atoms with Crippen molar-refractivity contribution in [3.63, 3.8) is 0 Å². The Hall–Kier alpha value is -1.61. The minimum absolute atomic E-state index is 0.533. The van der Waals surface area contributed by atoms with Crippen LogP contribution in [-0.4, -0.2) is 12.1 Å². The number of nitrogens with two attached hydrogens (primary N) is 1. The van der Waals surface area contributed by atoms with Gasteiger partial charge in [-0.1, -0.05) is 0 Å². The molecule has 3 heteroatoms. The Balaban J connectivity index is 2.67. The van der Waals surface area contributed by atoms with Gasteiger partial charge in [0.15, 0.2) is 0 Å². The Kier molecular flexibility index (Phi) is 2.33. The van der Waals surface area contributed by atoms with Gasteiger partial charge < -0.3 is 10.5 Å². The van der Waals surface area contributed by atoms with Crippen molar-refractivity contribution < 1.29 is 4.74 Å². The molecule has 0 amide bonds. The predicted octanol–water partition coefficient (Wildman–Crippen LogP) is 1.70. The van der Waals surface area contributed by atoms with Gasteiger partial charge >= 0.3 is 0 Å². The van der Waals surface area contributed by atoms with Crippen LogP contribution in [0, 0.1) is 0 Å². The van der Waals surface area contributed by atoms with E-state index in [1.165, 1.54) is 0 Å². The third-order valence-electron chi connectivity index (χ3n) is 2.26. The third kappa shape index (κ3) is 1.42. The van der Waals surface area contributed by atoms with Crippen LogP contribution >= 0.6 is 0 Å². The first-order valence-corrected chi connectivity index (χ1v) is 4.47. The van der Waals surface area contributed by atoms with E-state index in [0.717, 1.165) is 22.2 Å². The summed E-state index contributed by atoms with van der Waals surface area (Å²) in [6, 6.07) is 7.76. The lowest BCUT2D eigenvalue weighted by Gasteiger charge is -2.05. The van der Waals surface area contributed by atoms with E-state index in [-0.39, 0.29) is 0 Å². The van der Waals surface area contributed by atoms with Crippen LogP contribution in [0.2, 0.25) is 0 Å². The Morgan fingerprint density at radius 3 is 2.93 bits per heavy atom. The average molecular weight is 188 g/mol. The average Bonchev–Trinajstić information content (AvgIpc) is 2.27. The molecule has 0 atom stereocenters. The van der Waals surface area contributed by atoms with E-state index in [9.17, 15) is 0 Å². The Morgan fingerprint density at radius 2 is 2.21 bits per heavy atom. The van der Waals surface area contributed by atoms with Crippen LogP contribution in [0.25, 0.3) is 10.9 Å². The second-order valence-corrected chi connectivity index (χ2v) is 3.06. The van der Waals surface area contributed by atoms with Gasteiger partial charge in [-0.25, -0.2) is 0 Å². The highest BCUT2D eigenvalue weighted by Crippen LogP contribution is 2.21. The van der Waals surface area contributed by atoms with Gasteiger partial charge in [0, 0.05) is 24.2 Å². The van der Waals surface area contributed by atoms with E-state index in [1.54, 1.807) is 13.3 Å². The number of methoxy groups -OCH3 is 1. The first-order valence-electron chi connectivity index (χ1n) is 4.47. The smallest absolute Gasteiger partial charge is 0.121 e. The van der Waals surface area contributed by atoms with Gasteiger partial charge in [-0.2, -0.15) is 0 Å². The summed E-state index contributed by atoms with van der Waals surface area (Å²) in [5.41, 5.74) is 7.66. The molecule has 1 aromatic heterocycles. The summed E-state index contributed by atoms with van der Waals surface area (Å²) in [5, 5.41) is 1.09. The zero-order chi connectivity index (χ0) is 9.97. The molecule has 14 heavy (non-hydrogen) atoms. The fourth-order valence-corrected chi connectivity index (χ4v) is 1.49. The second-order valence-electron chi connectivity index (χ2n) is 3.06. The molecule has 2 N–H and O–H groups in total. The van der Waals surface area contributed by atoms with Crippen LogP contribution in [0.5, 0.6) is 5.75 Å². The summed E-state index contributed by atoms with van der Waals surface area (Å²) in [6.07, 6.45) is 1.77. The van der Waals surface area contributed by atoms with Crippen LogP contribution in [0.1, 0.15) is 5.56 Å². The van der Waals surface area contributed by atoms with Crippen molar-refractivity contribution in [3.05, 3.63) is 36.0 Å². The summed E-state index contributed by atoms with van der Waals surface area (Å²) in [5.74, 6) is 0.819. The molecule has 0 bridgehead atoms. The van der Waals surface area contributed by atoms with Crippen molar-refractivity contribution >= 4 is 10.9 Å². The zero-order valence-electron chi connectivity index (χ0n) is 8.03. The van der Waals surface area contributed by atoms with Crippen LogP contribution < -0.4 is 10.5 Å². The topological polar surface area (TPSA) is 48.1 Å². The Labute approximate surface area is 82.5 Å². The van der Waals surface area contributed by atoms with Gasteiger partial charge in [0.25, 0.3) is 0 Å². The molecule has 0 unspecified atom stereocenters. The van der Waals surface area contributed by atoms with E-state index in [0.29, 0.717) is 6.54 Å². The molecule has 0 radical (unpaired) electrons. The fraction of sp³-hybridized carbons (Fsp3) is 0.182. The standard InChI is InChI=1S/C11H12N2O/c1-14-9-2-3-10-8(7-12)4-5-13-11(10)6-9/h2-6H,7,12H2,1H3. The molecule has 1 heterocycles. The maximum atomic E-state index is 5.63.